The van der Waals surface area contributed by atoms with E-state index in [1.165, 1.54) is 0 Å². The van der Waals surface area contributed by atoms with Crippen molar-refractivity contribution in [3.05, 3.63) is 35.4 Å². The Bertz CT molecular complexity index is 889. The lowest BCUT2D eigenvalue weighted by Gasteiger charge is -2.21. The number of ether oxygens (including phenoxy) is 6. The molecule has 34 heavy (non-hydrogen) atoms. The van der Waals surface area contributed by atoms with Crippen molar-refractivity contribution in [2.45, 2.75) is 54.4 Å². The minimum atomic E-state index is -0.126. The highest BCUT2D eigenvalue weighted by molar-refractivity contribution is 6.03. The van der Waals surface area contributed by atoms with Gasteiger partial charge in [-0.25, -0.2) is 0 Å². The molecule has 0 fully saturated rings. The number of aryl methyl sites for hydroxylation is 1. The van der Waals surface area contributed by atoms with Crippen molar-refractivity contribution >= 4 is 5.78 Å². The molecule has 0 aromatic heterocycles. The summed E-state index contributed by atoms with van der Waals surface area (Å²) < 4.78 is 34.8. The zero-order valence-electron chi connectivity index (χ0n) is 21.3. The molecule has 2 rings (SSSR count). The van der Waals surface area contributed by atoms with Crippen LogP contribution in [0.4, 0.5) is 0 Å². The Kier molecular flexibility index (Phi) is 11.4. The fraction of sp³-hybridized carbons (Fsp3) is 0.519. The smallest absolute Gasteiger partial charge is 0.175 e. The fourth-order valence-corrected chi connectivity index (χ4v) is 3.63. The molecular weight excluding hydrogens is 436 g/mol. The number of carbonyl (C=O) groups excluding carboxylic acids is 1. The van der Waals surface area contributed by atoms with Crippen LogP contribution >= 0.6 is 0 Å². The second-order valence-electron chi connectivity index (χ2n) is 7.20. The maximum Gasteiger partial charge on any atom is 0.175 e. The summed E-state index contributed by atoms with van der Waals surface area (Å²) in [6.07, 6.45) is 0.686. The first-order valence-electron chi connectivity index (χ1n) is 12.2. The Morgan fingerprint density at radius 3 is 1.62 bits per heavy atom. The van der Waals surface area contributed by atoms with E-state index >= 15 is 0 Å². The van der Waals surface area contributed by atoms with Crippen LogP contribution in [-0.2, 0) is 6.42 Å². The second-order valence-corrected chi connectivity index (χ2v) is 7.20. The van der Waals surface area contributed by atoms with Gasteiger partial charge in [-0.2, -0.15) is 0 Å². The highest BCUT2D eigenvalue weighted by Gasteiger charge is 2.27. The molecule has 0 bridgehead atoms. The molecule has 0 radical (unpaired) electrons. The number of ketones is 1. The van der Waals surface area contributed by atoms with Gasteiger partial charge in [0, 0.05) is 12.5 Å². The van der Waals surface area contributed by atoms with Gasteiger partial charge in [0.1, 0.15) is 17.1 Å². The molecule has 7 nitrogen and oxygen atoms in total. The van der Waals surface area contributed by atoms with Crippen LogP contribution in [0.15, 0.2) is 24.3 Å². The SMILES string of the molecule is CCOc1ccc(OCC)c(CCC(=O)c2c(OCC)c(OCC)cc(OCC)c2OCC)c1. The van der Waals surface area contributed by atoms with Crippen LogP contribution in [0.2, 0.25) is 0 Å². The highest BCUT2D eigenvalue weighted by Crippen LogP contribution is 2.46. The largest absolute Gasteiger partial charge is 0.494 e. The van der Waals surface area contributed by atoms with Gasteiger partial charge in [-0.3, -0.25) is 4.79 Å². The third-order valence-corrected chi connectivity index (χ3v) is 4.88. The topological polar surface area (TPSA) is 72.5 Å². The first-order valence-corrected chi connectivity index (χ1v) is 12.2. The van der Waals surface area contributed by atoms with Gasteiger partial charge in [-0.05, 0) is 71.7 Å². The number of benzene rings is 2. The third-order valence-electron chi connectivity index (χ3n) is 4.88. The summed E-state index contributed by atoms with van der Waals surface area (Å²) in [6.45, 7) is 14.1. The first kappa shape index (κ1) is 27.2. The van der Waals surface area contributed by atoms with Crippen molar-refractivity contribution in [3.63, 3.8) is 0 Å². The number of carbonyl (C=O) groups is 1. The second kappa shape index (κ2) is 14.2. The Morgan fingerprint density at radius 1 is 0.618 bits per heavy atom. The Labute approximate surface area is 203 Å². The van der Waals surface area contributed by atoms with Gasteiger partial charge in [0.15, 0.2) is 28.8 Å². The van der Waals surface area contributed by atoms with Crippen LogP contribution in [0.25, 0.3) is 0 Å². The van der Waals surface area contributed by atoms with E-state index in [4.69, 9.17) is 28.4 Å². The molecule has 7 heteroatoms. The van der Waals surface area contributed by atoms with Gasteiger partial charge in [0.2, 0.25) is 0 Å². The molecule has 0 amide bonds. The van der Waals surface area contributed by atoms with Crippen molar-refractivity contribution in [1.82, 2.24) is 0 Å². The lowest BCUT2D eigenvalue weighted by atomic mass is 9.99. The number of rotatable bonds is 16. The molecule has 0 saturated heterocycles. The molecule has 0 aliphatic rings. The van der Waals surface area contributed by atoms with Gasteiger partial charge in [-0.1, -0.05) is 0 Å². The average molecular weight is 475 g/mol. The maximum atomic E-state index is 13.7. The lowest BCUT2D eigenvalue weighted by molar-refractivity contribution is 0.0972. The molecular formula is C27H38O7. The van der Waals surface area contributed by atoms with E-state index in [0.29, 0.717) is 74.6 Å². The van der Waals surface area contributed by atoms with Gasteiger partial charge < -0.3 is 28.4 Å². The predicted molar refractivity (Wildman–Crippen MR) is 133 cm³/mol. The molecule has 0 atom stereocenters. The predicted octanol–water partition coefficient (Wildman–Crippen LogP) is 5.89. The summed E-state index contributed by atoms with van der Waals surface area (Å²) in [5.74, 6) is 3.06. The molecule has 188 valence electrons. The number of hydrogen-bond acceptors (Lipinski definition) is 7. The maximum absolute atomic E-state index is 13.7. The summed E-state index contributed by atoms with van der Waals surface area (Å²) in [5.41, 5.74) is 1.25. The zero-order chi connectivity index (χ0) is 24.9. The lowest BCUT2D eigenvalue weighted by Crippen LogP contribution is -2.12. The highest BCUT2D eigenvalue weighted by atomic mass is 16.5. The van der Waals surface area contributed by atoms with E-state index in [1.807, 2.05) is 59.7 Å². The van der Waals surface area contributed by atoms with Crippen LogP contribution in [0, 0.1) is 0 Å². The summed E-state index contributed by atoms with van der Waals surface area (Å²) >= 11 is 0. The Morgan fingerprint density at radius 2 is 1.12 bits per heavy atom. The Balaban J connectivity index is 2.50. The molecule has 0 heterocycles. The Hall–Kier alpha value is -3.09. The molecule has 2 aromatic rings. The summed E-state index contributed by atoms with van der Waals surface area (Å²) in [5, 5.41) is 0. The van der Waals surface area contributed by atoms with Crippen LogP contribution in [0.1, 0.15) is 63.9 Å². The zero-order valence-corrected chi connectivity index (χ0v) is 21.3. The normalized spacial score (nSPS) is 10.5. The molecule has 0 aliphatic heterocycles. The van der Waals surface area contributed by atoms with Crippen LogP contribution < -0.4 is 28.4 Å². The first-order chi connectivity index (χ1) is 16.5. The van der Waals surface area contributed by atoms with Crippen molar-refractivity contribution < 1.29 is 33.2 Å². The summed E-state index contributed by atoms with van der Waals surface area (Å²) in [6, 6.07) is 7.42. The van der Waals surface area contributed by atoms with Crippen LogP contribution in [0.3, 0.4) is 0 Å². The van der Waals surface area contributed by atoms with Gasteiger partial charge >= 0.3 is 0 Å². The minimum Gasteiger partial charge on any atom is -0.494 e. The average Bonchev–Trinajstić information content (AvgIpc) is 2.82. The summed E-state index contributed by atoms with van der Waals surface area (Å²) in [4.78, 5) is 13.7. The van der Waals surface area contributed by atoms with E-state index < -0.39 is 0 Å². The molecule has 2 aromatic carbocycles. The van der Waals surface area contributed by atoms with E-state index in [9.17, 15) is 4.79 Å². The molecule has 0 spiro atoms. The van der Waals surface area contributed by atoms with Crippen molar-refractivity contribution in [2.24, 2.45) is 0 Å². The molecule has 0 aliphatic carbocycles. The van der Waals surface area contributed by atoms with Gasteiger partial charge in [-0.15, -0.1) is 0 Å². The quantitative estimate of drug-likeness (QED) is 0.281. The number of Topliss-reactive ketones (excluding diaryl/α,β-unsaturated/α-hetero) is 1. The van der Waals surface area contributed by atoms with Crippen molar-refractivity contribution in [3.8, 4) is 34.5 Å². The monoisotopic (exact) mass is 474 g/mol. The standard InChI is InChI=1S/C27H38O7/c1-7-29-20-14-16-22(30-8-2)19(17-20)13-15-21(28)25-26(33-11-5)23(31-9-3)18-24(32-10-4)27(25)34-12-6/h14,16-18H,7-13,15H2,1-6H3. The molecule has 0 unspecified atom stereocenters. The van der Waals surface area contributed by atoms with Gasteiger partial charge in [0.05, 0.1) is 39.6 Å². The minimum absolute atomic E-state index is 0.126. The van der Waals surface area contributed by atoms with Crippen LogP contribution in [0.5, 0.6) is 34.5 Å². The van der Waals surface area contributed by atoms with E-state index in [1.54, 1.807) is 6.07 Å². The summed E-state index contributed by atoms with van der Waals surface area (Å²) in [7, 11) is 0. The van der Waals surface area contributed by atoms with Crippen LogP contribution in [-0.4, -0.2) is 45.4 Å². The van der Waals surface area contributed by atoms with Crippen molar-refractivity contribution in [1.29, 1.82) is 0 Å². The fourth-order valence-electron chi connectivity index (χ4n) is 3.63. The van der Waals surface area contributed by atoms with E-state index in [0.717, 1.165) is 17.1 Å². The van der Waals surface area contributed by atoms with E-state index in [-0.39, 0.29) is 12.2 Å². The van der Waals surface area contributed by atoms with Crippen molar-refractivity contribution in [2.75, 3.05) is 39.6 Å². The molecule has 0 N–H and O–H groups in total. The third kappa shape index (κ3) is 6.95. The number of hydrogen-bond donors (Lipinski definition) is 0. The van der Waals surface area contributed by atoms with Gasteiger partial charge in [0.25, 0.3) is 0 Å². The van der Waals surface area contributed by atoms with E-state index in [2.05, 4.69) is 0 Å². The molecule has 0 saturated carbocycles.